The second-order valence-electron chi connectivity index (χ2n) is 6.74. The second kappa shape index (κ2) is 8.22. The summed E-state index contributed by atoms with van der Waals surface area (Å²) < 4.78 is 21.0. The molecule has 158 valence electrons. The van der Waals surface area contributed by atoms with Crippen LogP contribution in [0.5, 0.6) is 0 Å². The van der Waals surface area contributed by atoms with E-state index in [1.165, 1.54) is 19.3 Å². The zero-order valence-corrected chi connectivity index (χ0v) is 16.5. The highest BCUT2D eigenvalue weighted by molar-refractivity contribution is 5.95. The second-order valence-corrected chi connectivity index (χ2v) is 6.74. The van der Waals surface area contributed by atoms with Gasteiger partial charge in [0, 0.05) is 18.6 Å². The molecular weight excluding hydrogens is 403 g/mol. The van der Waals surface area contributed by atoms with E-state index in [1.54, 1.807) is 29.0 Å². The van der Waals surface area contributed by atoms with Crippen LogP contribution in [0.1, 0.15) is 13.3 Å². The van der Waals surface area contributed by atoms with Crippen molar-refractivity contribution in [3.8, 4) is 22.9 Å². The van der Waals surface area contributed by atoms with Gasteiger partial charge in [0.05, 0.1) is 12.2 Å². The fraction of sp³-hybridized carbons (Fsp3) is 0.150. The Labute approximate surface area is 176 Å². The molecule has 0 atom stereocenters. The Balaban J connectivity index is 1.76. The Morgan fingerprint density at radius 2 is 2.06 bits per heavy atom. The lowest BCUT2D eigenvalue weighted by Gasteiger charge is -2.09. The molecule has 0 radical (unpaired) electrons. The molecule has 3 aromatic rings. The predicted molar refractivity (Wildman–Crippen MR) is 113 cm³/mol. The minimum absolute atomic E-state index is 0.00163. The molecule has 10 nitrogen and oxygen atoms in total. The first-order valence-electron chi connectivity index (χ1n) is 9.33. The molecule has 4 rings (SSSR count). The van der Waals surface area contributed by atoms with Crippen molar-refractivity contribution in [2.24, 2.45) is 0 Å². The SMILES string of the molecule is CC(=O)Nc1c(N)nc(-c2cc(-c3ccon3)n(CC3=CCC=CC=C3F)n2)nc1N. The number of nitrogen functional groups attached to an aromatic ring is 2. The number of aromatic nitrogens is 5. The van der Waals surface area contributed by atoms with Gasteiger partial charge in [-0.15, -0.1) is 0 Å². The first-order chi connectivity index (χ1) is 14.9. The molecule has 0 bridgehead atoms. The number of nitrogens with two attached hydrogens (primary N) is 2. The molecule has 0 aliphatic heterocycles. The molecule has 0 unspecified atom stereocenters. The van der Waals surface area contributed by atoms with E-state index >= 15 is 0 Å². The lowest BCUT2D eigenvalue weighted by molar-refractivity contribution is -0.114. The highest BCUT2D eigenvalue weighted by Gasteiger charge is 2.20. The third kappa shape index (κ3) is 4.20. The first kappa shape index (κ1) is 20.0. The summed E-state index contributed by atoms with van der Waals surface area (Å²) in [4.78, 5) is 19.8. The maximum Gasteiger partial charge on any atom is 0.221 e. The number of hydrogen-bond donors (Lipinski definition) is 3. The van der Waals surface area contributed by atoms with Gasteiger partial charge in [-0.1, -0.05) is 23.4 Å². The summed E-state index contributed by atoms with van der Waals surface area (Å²) in [6.07, 6.45) is 8.75. The lowest BCUT2D eigenvalue weighted by Crippen LogP contribution is -2.13. The van der Waals surface area contributed by atoms with Crippen LogP contribution in [-0.2, 0) is 11.3 Å². The van der Waals surface area contributed by atoms with Gasteiger partial charge in [0.1, 0.15) is 29.2 Å². The Bertz CT molecular complexity index is 1200. The fourth-order valence-corrected chi connectivity index (χ4v) is 3.06. The van der Waals surface area contributed by atoms with Crippen molar-refractivity contribution in [2.75, 3.05) is 16.8 Å². The van der Waals surface area contributed by atoms with E-state index in [1.807, 2.05) is 6.08 Å². The van der Waals surface area contributed by atoms with Gasteiger partial charge < -0.3 is 21.3 Å². The van der Waals surface area contributed by atoms with Crippen LogP contribution in [0.15, 0.2) is 58.6 Å². The van der Waals surface area contributed by atoms with Crippen molar-refractivity contribution in [2.45, 2.75) is 19.9 Å². The number of nitrogens with zero attached hydrogens (tertiary/aromatic N) is 5. The van der Waals surface area contributed by atoms with E-state index in [0.717, 1.165) is 0 Å². The minimum atomic E-state index is -0.353. The number of allylic oxidation sites excluding steroid dienone is 6. The summed E-state index contributed by atoms with van der Waals surface area (Å²) in [5.74, 6) is -0.543. The predicted octanol–water partition coefficient (Wildman–Crippen LogP) is 2.86. The molecule has 1 aliphatic rings. The van der Waals surface area contributed by atoms with Gasteiger partial charge in [0.25, 0.3) is 0 Å². The maximum atomic E-state index is 14.4. The van der Waals surface area contributed by atoms with E-state index in [-0.39, 0.29) is 41.4 Å². The molecule has 0 spiro atoms. The maximum absolute atomic E-state index is 14.4. The summed E-state index contributed by atoms with van der Waals surface area (Å²) in [5.41, 5.74) is 13.9. The fourth-order valence-electron chi connectivity index (χ4n) is 3.06. The van der Waals surface area contributed by atoms with Gasteiger partial charge in [-0.25, -0.2) is 14.4 Å². The molecule has 1 aliphatic carbocycles. The molecule has 31 heavy (non-hydrogen) atoms. The molecule has 3 aromatic heterocycles. The third-order valence-corrected chi connectivity index (χ3v) is 4.48. The molecule has 0 saturated carbocycles. The largest absolute Gasteiger partial charge is 0.382 e. The van der Waals surface area contributed by atoms with E-state index in [0.29, 0.717) is 29.1 Å². The van der Waals surface area contributed by atoms with E-state index in [2.05, 4.69) is 25.5 Å². The average Bonchev–Trinajstić information content (AvgIpc) is 3.34. The normalized spacial score (nSPS) is 13.5. The number of nitrogens with one attached hydrogen (secondary N) is 1. The summed E-state index contributed by atoms with van der Waals surface area (Å²) in [7, 11) is 0. The van der Waals surface area contributed by atoms with Crippen LogP contribution in [0.4, 0.5) is 21.7 Å². The standard InChI is InChI=1S/C20H19FN8O2/c1-11(30)24-17-18(22)25-20(26-19(17)23)15-9-16(14-7-8-31-28-14)29(27-15)10-12-5-3-2-4-6-13(12)21/h2,4-9H,3,10H2,1H3,(H,24,30)(H4,22,23,25,26). The molecule has 0 aromatic carbocycles. The number of carbonyl (C=O) groups excluding carboxylic acids is 1. The van der Waals surface area contributed by atoms with Crippen LogP contribution < -0.4 is 16.8 Å². The molecule has 1 amide bonds. The number of anilines is 3. The van der Waals surface area contributed by atoms with Crippen molar-refractivity contribution in [1.29, 1.82) is 0 Å². The van der Waals surface area contributed by atoms with Gasteiger partial charge >= 0.3 is 0 Å². The Hall–Kier alpha value is -4.28. The van der Waals surface area contributed by atoms with Gasteiger partial charge in [-0.05, 0) is 18.6 Å². The molecule has 11 heteroatoms. The van der Waals surface area contributed by atoms with Gasteiger partial charge in [0.15, 0.2) is 17.5 Å². The van der Waals surface area contributed by atoms with Gasteiger partial charge in [-0.2, -0.15) is 5.10 Å². The molecular formula is C20H19FN8O2. The number of hydrogen-bond acceptors (Lipinski definition) is 8. The van der Waals surface area contributed by atoms with Crippen molar-refractivity contribution in [3.63, 3.8) is 0 Å². The van der Waals surface area contributed by atoms with Crippen LogP contribution in [0.25, 0.3) is 22.9 Å². The van der Waals surface area contributed by atoms with Crippen LogP contribution in [0, 0.1) is 0 Å². The van der Waals surface area contributed by atoms with Crippen LogP contribution in [-0.4, -0.2) is 30.8 Å². The third-order valence-electron chi connectivity index (χ3n) is 4.48. The topological polar surface area (TPSA) is 151 Å². The summed E-state index contributed by atoms with van der Waals surface area (Å²) in [5, 5.41) is 11.0. The average molecular weight is 422 g/mol. The molecule has 0 fully saturated rings. The van der Waals surface area contributed by atoms with Crippen molar-refractivity contribution in [3.05, 3.63) is 54.1 Å². The first-order valence-corrected chi connectivity index (χ1v) is 9.33. The Morgan fingerprint density at radius 1 is 1.29 bits per heavy atom. The van der Waals surface area contributed by atoms with E-state index in [4.69, 9.17) is 16.0 Å². The monoisotopic (exact) mass is 422 g/mol. The van der Waals surface area contributed by atoms with Crippen molar-refractivity contribution < 1.29 is 13.7 Å². The Kier molecular flexibility index (Phi) is 5.31. The summed E-state index contributed by atoms with van der Waals surface area (Å²) in [6.45, 7) is 1.48. The summed E-state index contributed by atoms with van der Waals surface area (Å²) in [6, 6.07) is 3.34. The van der Waals surface area contributed by atoms with Crippen molar-refractivity contribution in [1.82, 2.24) is 24.9 Å². The quantitative estimate of drug-likeness (QED) is 0.568. The zero-order valence-electron chi connectivity index (χ0n) is 16.5. The van der Waals surface area contributed by atoms with E-state index < -0.39 is 0 Å². The van der Waals surface area contributed by atoms with Crippen molar-refractivity contribution >= 4 is 23.2 Å². The number of rotatable bonds is 5. The van der Waals surface area contributed by atoms with Crippen LogP contribution >= 0.6 is 0 Å². The highest BCUT2D eigenvalue weighted by Crippen LogP contribution is 2.30. The summed E-state index contributed by atoms with van der Waals surface area (Å²) >= 11 is 0. The van der Waals surface area contributed by atoms with Crippen LogP contribution in [0.3, 0.4) is 0 Å². The number of carbonyl (C=O) groups is 1. The smallest absolute Gasteiger partial charge is 0.221 e. The highest BCUT2D eigenvalue weighted by atomic mass is 19.1. The molecule has 3 heterocycles. The van der Waals surface area contributed by atoms with Gasteiger partial charge in [0.2, 0.25) is 5.91 Å². The Morgan fingerprint density at radius 3 is 2.74 bits per heavy atom. The molecule has 5 N–H and O–H groups in total. The number of halogens is 1. The van der Waals surface area contributed by atoms with Crippen LogP contribution in [0.2, 0.25) is 0 Å². The van der Waals surface area contributed by atoms with E-state index in [9.17, 15) is 9.18 Å². The van der Waals surface area contributed by atoms with Gasteiger partial charge in [-0.3, -0.25) is 9.48 Å². The number of amides is 1. The minimum Gasteiger partial charge on any atom is -0.382 e. The lowest BCUT2D eigenvalue weighted by atomic mass is 10.2. The molecule has 0 saturated heterocycles. The zero-order chi connectivity index (χ0) is 22.0.